The van der Waals surface area contributed by atoms with Crippen LogP contribution in [-0.2, 0) is 0 Å². The summed E-state index contributed by atoms with van der Waals surface area (Å²) in [4.78, 5) is 23.4. The van der Waals surface area contributed by atoms with Gasteiger partial charge in [-0.2, -0.15) is 4.98 Å². The van der Waals surface area contributed by atoms with Gasteiger partial charge in [-0.05, 0) is 36.2 Å². The normalized spacial score (nSPS) is 18.7. The van der Waals surface area contributed by atoms with Gasteiger partial charge in [0.1, 0.15) is 0 Å². The average Bonchev–Trinajstić information content (AvgIpc) is 3.40. The molecule has 8 heteroatoms. The van der Waals surface area contributed by atoms with Crippen LogP contribution in [0.3, 0.4) is 0 Å². The summed E-state index contributed by atoms with van der Waals surface area (Å²) in [6.07, 6.45) is 3.38. The molecule has 1 saturated heterocycles. The van der Waals surface area contributed by atoms with Gasteiger partial charge in [-0.1, -0.05) is 12.1 Å². The van der Waals surface area contributed by atoms with E-state index < -0.39 is 0 Å². The summed E-state index contributed by atoms with van der Waals surface area (Å²) in [5, 5.41) is 4.09. The van der Waals surface area contributed by atoms with E-state index in [4.69, 9.17) is 14.0 Å². The number of ether oxygens (including phenoxy) is 2. The van der Waals surface area contributed by atoms with Crippen molar-refractivity contribution in [3.63, 3.8) is 0 Å². The van der Waals surface area contributed by atoms with Gasteiger partial charge in [-0.15, -0.1) is 0 Å². The maximum Gasteiger partial charge on any atom is 0.254 e. The van der Waals surface area contributed by atoms with Crippen LogP contribution < -0.4 is 9.47 Å². The predicted molar refractivity (Wildman–Crippen MR) is 105 cm³/mol. The molecule has 29 heavy (non-hydrogen) atoms. The van der Waals surface area contributed by atoms with Crippen molar-refractivity contribution in [3.05, 3.63) is 54.2 Å². The molecule has 150 valence electrons. The molecule has 1 aromatic carbocycles. The number of hydrogen-bond acceptors (Lipinski definition) is 7. The van der Waals surface area contributed by atoms with Gasteiger partial charge in [0.25, 0.3) is 5.91 Å². The highest BCUT2D eigenvalue weighted by atomic mass is 16.5. The van der Waals surface area contributed by atoms with Crippen molar-refractivity contribution in [2.45, 2.75) is 12.8 Å². The van der Waals surface area contributed by atoms with Gasteiger partial charge in [-0.3, -0.25) is 9.78 Å². The Kier molecular flexibility index (Phi) is 5.16. The molecular weight excluding hydrogens is 372 g/mol. The molecule has 4 rings (SSSR count). The number of likely N-dealkylation sites (tertiary alicyclic amines) is 1. The van der Waals surface area contributed by atoms with Gasteiger partial charge in [0, 0.05) is 36.6 Å². The lowest BCUT2D eigenvalue weighted by atomic mass is 9.98. The standard InChI is InChI=1S/C21H22N4O4/c1-13-11-25(21(26)15-4-5-17(27-2)18(10-15)28-3)12-16(13)20-23-19(24-29-20)14-6-8-22-9-7-14/h4-10,13,16H,11-12H2,1-3H3/t13-,16-/m0/s1. The molecule has 3 aromatic rings. The molecule has 2 atom stereocenters. The minimum Gasteiger partial charge on any atom is -0.493 e. The fraction of sp³-hybridized carbons (Fsp3) is 0.333. The third-order valence-corrected chi connectivity index (χ3v) is 5.23. The molecule has 0 N–H and O–H groups in total. The van der Waals surface area contributed by atoms with Gasteiger partial charge in [-0.25, -0.2) is 0 Å². The number of amides is 1. The third kappa shape index (κ3) is 3.65. The lowest BCUT2D eigenvalue weighted by Crippen LogP contribution is -2.28. The van der Waals surface area contributed by atoms with Crippen LogP contribution in [-0.4, -0.2) is 53.2 Å². The number of pyridine rings is 1. The van der Waals surface area contributed by atoms with E-state index in [1.165, 1.54) is 0 Å². The SMILES string of the molecule is COc1ccc(C(=O)N2C[C@H](c3nc(-c4ccncc4)no3)[C@@H](C)C2)cc1OC. The minimum atomic E-state index is -0.0609. The van der Waals surface area contributed by atoms with Crippen molar-refractivity contribution in [1.82, 2.24) is 20.0 Å². The van der Waals surface area contributed by atoms with Gasteiger partial charge >= 0.3 is 0 Å². The first-order valence-corrected chi connectivity index (χ1v) is 9.36. The monoisotopic (exact) mass is 394 g/mol. The summed E-state index contributed by atoms with van der Waals surface area (Å²) in [6, 6.07) is 8.85. The Hall–Kier alpha value is -3.42. The number of carbonyl (C=O) groups is 1. The molecule has 3 heterocycles. The highest BCUT2D eigenvalue weighted by Crippen LogP contribution is 2.34. The maximum atomic E-state index is 13.0. The second-order valence-electron chi connectivity index (χ2n) is 7.06. The van der Waals surface area contributed by atoms with E-state index in [-0.39, 0.29) is 17.7 Å². The molecule has 8 nitrogen and oxygen atoms in total. The molecule has 0 spiro atoms. The molecule has 1 aliphatic rings. The lowest BCUT2D eigenvalue weighted by molar-refractivity contribution is 0.0785. The van der Waals surface area contributed by atoms with E-state index in [1.54, 1.807) is 44.8 Å². The Morgan fingerprint density at radius 1 is 1.10 bits per heavy atom. The van der Waals surface area contributed by atoms with Gasteiger partial charge < -0.3 is 18.9 Å². The summed E-state index contributed by atoms with van der Waals surface area (Å²) in [5.41, 5.74) is 1.40. The minimum absolute atomic E-state index is 0.0119. The van der Waals surface area contributed by atoms with E-state index in [2.05, 4.69) is 22.0 Å². The van der Waals surface area contributed by atoms with E-state index in [0.29, 0.717) is 41.9 Å². The van der Waals surface area contributed by atoms with Crippen molar-refractivity contribution in [2.24, 2.45) is 5.92 Å². The molecule has 0 unspecified atom stereocenters. The fourth-order valence-electron chi connectivity index (χ4n) is 3.61. The molecule has 0 radical (unpaired) electrons. The largest absolute Gasteiger partial charge is 0.493 e. The number of carbonyl (C=O) groups excluding carboxylic acids is 1. The van der Waals surface area contributed by atoms with Crippen LogP contribution in [0.15, 0.2) is 47.2 Å². The number of benzene rings is 1. The van der Waals surface area contributed by atoms with E-state index in [9.17, 15) is 4.79 Å². The highest BCUT2D eigenvalue weighted by molar-refractivity contribution is 5.95. The van der Waals surface area contributed by atoms with Gasteiger partial charge in [0.05, 0.1) is 20.1 Å². The van der Waals surface area contributed by atoms with E-state index in [0.717, 1.165) is 5.56 Å². The summed E-state index contributed by atoms with van der Waals surface area (Å²) in [5.74, 6) is 2.32. The fourth-order valence-corrected chi connectivity index (χ4v) is 3.61. The first-order valence-electron chi connectivity index (χ1n) is 9.36. The smallest absolute Gasteiger partial charge is 0.254 e. The molecule has 0 bridgehead atoms. The maximum absolute atomic E-state index is 13.0. The quantitative estimate of drug-likeness (QED) is 0.657. The summed E-state index contributed by atoms with van der Waals surface area (Å²) >= 11 is 0. The number of methoxy groups -OCH3 is 2. The Labute approximate surface area is 168 Å². The van der Waals surface area contributed by atoms with E-state index >= 15 is 0 Å². The van der Waals surface area contributed by atoms with Crippen LogP contribution in [0.4, 0.5) is 0 Å². The Morgan fingerprint density at radius 3 is 2.59 bits per heavy atom. The van der Waals surface area contributed by atoms with Crippen LogP contribution in [0.1, 0.15) is 29.1 Å². The molecule has 2 aromatic heterocycles. The zero-order valence-corrected chi connectivity index (χ0v) is 16.5. The molecular formula is C21H22N4O4. The Balaban J connectivity index is 1.52. The van der Waals surface area contributed by atoms with E-state index in [1.807, 2.05) is 17.0 Å². The van der Waals surface area contributed by atoms with Gasteiger partial charge in [0.2, 0.25) is 11.7 Å². The van der Waals surface area contributed by atoms with Crippen molar-refractivity contribution >= 4 is 5.91 Å². The van der Waals surface area contributed by atoms with Crippen molar-refractivity contribution < 1.29 is 18.8 Å². The molecule has 0 saturated carbocycles. The predicted octanol–water partition coefficient (Wildman–Crippen LogP) is 3.02. The second kappa shape index (κ2) is 7.90. The number of aromatic nitrogens is 3. The summed E-state index contributed by atoms with van der Waals surface area (Å²) in [7, 11) is 3.12. The van der Waals surface area contributed by atoms with Crippen LogP contribution in [0.5, 0.6) is 11.5 Å². The van der Waals surface area contributed by atoms with Gasteiger partial charge in [0.15, 0.2) is 11.5 Å². The molecule has 1 amide bonds. The zero-order chi connectivity index (χ0) is 20.4. The Morgan fingerprint density at radius 2 is 1.86 bits per heavy atom. The summed E-state index contributed by atoms with van der Waals surface area (Å²) < 4.78 is 16.1. The number of rotatable bonds is 5. The average molecular weight is 394 g/mol. The first-order chi connectivity index (χ1) is 14.1. The zero-order valence-electron chi connectivity index (χ0n) is 16.5. The second-order valence-corrected chi connectivity index (χ2v) is 7.06. The summed E-state index contributed by atoms with van der Waals surface area (Å²) in [6.45, 7) is 3.22. The van der Waals surface area contributed by atoms with Crippen LogP contribution >= 0.6 is 0 Å². The van der Waals surface area contributed by atoms with Crippen LogP contribution in [0.2, 0.25) is 0 Å². The topological polar surface area (TPSA) is 90.6 Å². The lowest BCUT2D eigenvalue weighted by Gasteiger charge is -2.17. The third-order valence-electron chi connectivity index (χ3n) is 5.23. The Bertz CT molecular complexity index is 1000. The van der Waals surface area contributed by atoms with Crippen molar-refractivity contribution in [1.29, 1.82) is 0 Å². The van der Waals surface area contributed by atoms with Crippen molar-refractivity contribution in [3.8, 4) is 22.9 Å². The van der Waals surface area contributed by atoms with Crippen molar-refractivity contribution in [2.75, 3.05) is 27.3 Å². The highest BCUT2D eigenvalue weighted by Gasteiger charge is 2.37. The van der Waals surface area contributed by atoms with Crippen LogP contribution in [0, 0.1) is 5.92 Å². The number of hydrogen-bond donors (Lipinski definition) is 0. The first kappa shape index (κ1) is 18.9. The molecule has 1 fully saturated rings. The number of nitrogens with zero attached hydrogens (tertiary/aromatic N) is 4. The molecule has 1 aliphatic heterocycles. The molecule has 0 aliphatic carbocycles. The van der Waals surface area contributed by atoms with Crippen LogP contribution in [0.25, 0.3) is 11.4 Å².